The molecular weight excluding hydrogens is 205 g/mol. The van der Waals surface area contributed by atoms with Gasteiger partial charge in [0.1, 0.15) is 0 Å². The highest BCUT2D eigenvalue weighted by atomic mass is 35.5. The Labute approximate surface area is 81.5 Å². The Morgan fingerprint density at radius 3 is 2.00 bits per heavy atom. The van der Waals surface area contributed by atoms with Crippen LogP contribution in [0.1, 0.15) is 0 Å². The van der Waals surface area contributed by atoms with E-state index < -0.39 is 11.7 Å². The van der Waals surface area contributed by atoms with Gasteiger partial charge < -0.3 is 4.90 Å². The average Bonchev–Trinajstić information content (AvgIpc) is 1.83. The molecule has 2 nitrogen and oxygen atoms in total. The van der Waals surface area contributed by atoms with E-state index in [9.17, 15) is 13.2 Å². The Bertz CT molecular complexity index is 196. The predicted molar refractivity (Wildman–Crippen MR) is 49.5 cm³/mol. The molecule has 0 amide bonds. The summed E-state index contributed by atoms with van der Waals surface area (Å²) in [7, 11) is 4.35. The predicted octanol–water partition coefficient (Wildman–Crippen LogP) is 2.12. The van der Waals surface area contributed by atoms with Crippen LogP contribution in [0.5, 0.6) is 0 Å². The third-order valence-corrected chi connectivity index (χ3v) is 0.993. The summed E-state index contributed by atoms with van der Waals surface area (Å²) >= 11 is 0. The van der Waals surface area contributed by atoms with E-state index >= 15 is 0 Å². The molecule has 0 aromatic carbocycles. The molecule has 0 bridgehead atoms. The van der Waals surface area contributed by atoms with Crippen LogP contribution < -0.4 is 0 Å². The number of aliphatic imine (C=N–C) groups is 1. The fraction of sp³-hybridized carbons (Fsp3) is 0.571. The van der Waals surface area contributed by atoms with E-state index in [0.29, 0.717) is 0 Å². The van der Waals surface area contributed by atoms with E-state index in [-0.39, 0.29) is 12.4 Å². The number of halogens is 4. The van der Waals surface area contributed by atoms with Crippen LogP contribution in [0.25, 0.3) is 0 Å². The Kier molecular flexibility index (Phi) is 6.66. The van der Waals surface area contributed by atoms with Crippen molar-refractivity contribution in [3.8, 4) is 0 Å². The molecule has 13 heavy (non-hydrogen) atoms. The molecule has 6 heteroatoms. The van der Waals surface area contributed by atoms with Crippen molar-refractivity contribution in [1.82, 2.24) is 4.90 Å². The van der Waals surface area contributed by atoms with E-state index in [1.165, 1.54) is 26.0 Å². The molecular formula is C7H12ClF3N2. The van der Waals surface area contributed by atoms with Gasteiger partial charge in [-0.3, -0.25) is 4.99 Å². The SMILES string of the molecule is C/N=C\C(=CN(C)C)C(F)(F)F.Cl. The van der Waals surface area contributed by atoms with Crippen molar-refractivity contribution in [3.63, 3.8) is 0 Å². The molecule has 0 aromatic heterocycles. The van der Waals surface area contributed by atoms with Crippen LogP contribution in [0, 0.1) is 0 Å². The lowest BCUT2D eigenvalue weighted by atomic mass is 10.3. The van der Waals surface area contributed by atoms with Crippen molar-refractivity contribution in [2.24, 2.45) is 4.99 Å². The molecule has 0 N–H and O–H groups in total. The zero-order valence-electron chi connectivity index (χ0n) is 7.59. The first-order valence-corrected chi connectivity index (χ1v) is 3.25. The summed E-state index contributed by atoms with van der Waals surface area (Å²) in [6.07, 6.45) is -2.56. The lowest BCUT2D eigenvalue weighted by molar-refractivity contribution is -0.0864. The van der Waals surface area contributed by atoms with Crippen LogP contribution in [0.15, 0.2) is 16.8 Å². The fourth-order valence-electron chi connectivity index (χ4n) is 0.597. The summed E-state index contributed by atoms with van der Waals surface area (Å²) in [6, 6.07) is 0. The van der Waals surface area contributed by atoms with Gasteiger partial charge in [-0.2, -0.15) is 13.2 Å². The van der Waals surface area contributed by atoms with Gasteiger partial charge in [0.25, 0.3) is 0 Å². The minimum Gasteiger partial charge on any atom is -0.383 e. The molecule has 0 unspecified atom stereocenters. The first-order chi connectivity index (χ1) is 5.38. The molecule has 0 saturated carbocycles. The van der Waals surface area contributed by atoms with Gasteiger partial charge in [0.2, 0.25) is 0 Å². The van der Waals surface area contributed by atoms with E-state index in [4.69, 9.17) is 0 Å². The Hall–Kier alpha value is -0.710. The van der Waals surface area contributed by atoms with Gasteiger partial charge in [0.05, 0.1) is 5.57 Å². The number of allylic oxidation sites excluding steroid dienone is 1. The van der Waals surface area contributed by atoms with Gasteiger partial charge in [-0.25, -0.2) is 0 Å². The molecule has 0 saturated heterocycles. The molecule has 78 valence electrons. The van der Waals surface area contributed by atoms with E-state index in [2.05, 4.69) is 4.99 Å². The highest BCUT2D eigenvalue weighted by molar-refractivity contribution is 5.85. The van der Waals surface area contributed by atoms with Gasteiger partial charge in [0.15, 0.2) is 0 Å². The van der Waals surface area contributed by atoms with Gasteiger partial charge in [0, 0.05) is 33.6 Å². The minimum absolute atomic E-state index is 0. The van der Waals surface area contributed by atoms with E-state index in [1.807, 2.05) is 0 Å². The smallest absolute Gasteiger partial charge is 0.383 e. The van der Waals surface area contributed by atoms with Crippen molar-refractivity contribution < 1.29 is 13.2 Å². The lowest BCUT2D eigenvalue weighted by Crippen LogP contribution is -2.16. The van der Waals surface area contributed by atoms with Gasteiger partial charge in [-0.15, -0.1) is 12.4 Å². The highest BCUT2D eigenvalue weighted by Gasteiger charge is 2.32. The van der Waals surface area contributed by atoms with Crippen molar-refractivity contribution in [2.45, 2.75) is 6.18 Å². The van der Waals surface area contributed by atoms with Crippen molar-refractivity contribution >= 4 is 18.6 Å². The summed E-state index contributed by atoms with van der Waals surface area (Å²) in [5.41, 5.74) is -0.755. The monoisotopic (exact) mass is 216 g/mol. The van der Waals surface area contributed by atoms with Crippen molar-refractivity contribution in [1.29, 1.82) is 0 Å². The fourth-order valence-corrected chi connectivity index (χ4v) is 0.597. The molecule has 0 atom stereocenters. The van der Waals surface area contributed by atoms with Crippen molar-refractivity contribution in [3.05, 3.63) is 11.8 Å². The molecule has 0 rings (SSSR count). The number of alkyl halides is 3. The van der Waals surface area contributed by atoms with Crippen LogP contribution in [0.3, 0.4) is 0 Å². The summed E-state index contributed by atoms with van der Waals surface area (Å²) in [6.45, 7) is 0. The normalized spacial score (nSPS) is 12.9. The quantitative estimate of drug-likeness (QED) is 0.646. The average molecular weight is 217 g/mol. The lowest BCUT2D eigenvalue weighted by Gasteiger charge is -2.10. The minimum atomic E-state index is -4.33. The molecule has 0 aliphatic rings. The molecule has 0 radical (unpaired) electrons. The summed E-state index contributed by atoms with van der Waals surface area (Å²) < 4.78 is 36.2. The maximum Gasteiger partial charge on any atom is 0.419 e. The molecule has 0 aliphatic heterocycles. The second kappa shape index (κ2) is 5.85. The van der Waals surface area contributed by atoms with Crippen LogP contribution in [-0.2, 0) is 0 Å². The van der Waals surface area contributed by atoms with Crippen LogP contribution in [-0.4, -0.2) is 38.4 Å². The van der Waals surface area contributed by atoms with Gasteiger partial charge in [-0.05, 0) is 0 Å². The van der Waals surface area contributed by atoms with Crippen molar-refractivity contribution in [2.75, 3.05) is 21.1 Å². The molecule has 0 spiro atoms. The first-order valence-electron chi connectivity index (χ1n) is 3.25. The Morgan fingerprint density at radius 1 is 1.31 bits per heavy atom. The number of hydrogen-bond acceptors (Lipinski definition) is 2. The van der Waals surface area contributed by atoms with E-state index in [1.54, 1.807) is 0 Å². The second-order valence-electron chi connectivity index (χ2n) is 2.43. The molecule has 0 heterocycles. The maximum atomic E-state index is 12.1. The molecule has 0 aromatic rings. The standard InChI is InChI=1S/C7H11F3N2.ClH/c1-11-4-6(5-12(2)3)7(8,9)10;/h4-5H,1-3H3;1H/b6-5?,11-4-;. The largest absolute Gasteiger partial charge is 0.419 e. The van der Waals surface area contributed by atoms with Crippen LogP contribution in [0.2, 0.25) is 0 Å². The van der Waals surface area contributed by atoms with Gasteiger partial charge >= 0.3 is 6.18 Å². The third-order valence-electron chi connectivity index (χ3n) is 0.993. The Balaban J connectivity index is 0. The summed E-state index contributed by atoms with van der Waals surface area (Å²) in [4.78, 5) is 4.64. The third kappa shape index (κ3) is 6.45. The zero-order chi connectivity index (χ0) is 9.78. The first kappa shape index (κ1) is 14.8. The van der Waals surface area contributed by atoms with Gasteiger partial charge in [-0.1, -0.05) is 0 Å². The second-order valence-corrected chi connectivity index (χ2v) is 2.43. The maximum absolute atomic E-state index is 12.1. The summed E-state index contributed by atoms with van der Waals surface area (Å²) in [5, 5.41) is 0. The van der Waals surface area contributed by atoms with Crippen LogP contribution >= 0.6 is 12.4 Å². The Morgan fingerprint density at radius 2 is 1.77 bits per heavy atom. The number of rotatable bonds is 2. The highest BCUT2D eigenvalue weighted by Crippen LogP contribution is 2.23. The number of hydrogen-bond donors (Lipinski definition) is 0. The number of nitrogens with zero attached hydrogens (tertiary/aromatic N) is 2. The molecule has 0 fully saturated rings. The topological polar surface area (TPSA) is 15.6 Å². The van der Waals surface area contributed by atoms with E-state index in [0.717, 1.165) is 12.4 Å². The van der Waals surface area contributed by atoms with Crippen LogP contribution in [0.4, 0.5) is 13.2 Å². The molecule has 0 aliphatic carbocycles. The summed E-state index contributed by atoms with van der Waals surface area (Å²) in [5.74, 6) is 0. The zero-order valence-corrected chi connectivity index (χ0v) is 8.41.